The fraction of sp³-hybridized carbons (Fsp3) is 0.625. The maximum absolute atomic E-state index is 11.1. The average Bonchev–Trinajstić information content (AvgIpc) is 2.38. The molecule has 0 bridgehead atoms. The second-order valence-corrected chi connectivity index (χ2v) is 5.83. The lowest BCUT2D eigenvalue weighted by Gasteiger charge is -2.37. The first-order valence-electron chi connectivity index (χ1n) is 6.84. The maximum atomic E-state index is 11.1. The zero-order chi connectivity index (χ0) is 14.6. The highest BCUT2D eigenvalue weighted by molar-refractivity contribution is 5.32. The molecule has 1 aromatic carbocycles. The number of benzene rings is 1. The quantitative estimate of drug-likeness (QED) is 0.858. The SMILES string of the molecule is COc1cccc(C(O)(CC(C)N(C)C)C(C)C)c1. The van der Waals surface area contributed by atoms with E-state index in [-0.39, 0.29) is 5.92 Å². The van der Waals surface area contributed by atoms with Crippen LogP contribution in [0.1, 0.15) is 32.8 Å². The van der Waals surface area contributed by atoms with Gasteiger partial charge in [-0.25, -0.2) is 0 Å². The van der Waals surface area contributed by atoms with Gasteiger partial charge in [-0.1, -0.05) is 26.0 Å². The minimum atomic E-state index is -0.835. The minimum Gasteiger partial charge on any atom is -0.497 e. The van der Waals surface area contributed by atoms with Crippen molar-refractivity contribution in [3.05, 3.63) is 29.8 Å². The van der Waals surface area contributed by atoms with Crippen LogP contribution in [-0.2, 0) is 5.60 Å². The van der Waals surface area contributed by atoms with Gasteiger partial charge in [-0.05, 0) is 51.1 Å². The van der Waals surface area contributed by atoms with Gasteiger partial charge < -0.3 is 14.7 Å². The van der Waals surface area contributed by atoms with E-state index < -0.39 is 5.60 Å². The predicted octanol–water partition coefficient (Wildman–Crippen LogP) is 2.88. The van der Waals surface area contributed by atoms with Crippen LogP contribution in [0.25, 0.3) is 0 Å². The summed E-state index contributed by atoms with van der Waals surface area (Å²) < 4.78 is 5.26. The summed E-state index contributed by atoms with van der Waals surface area (Å²) in [4.78, 5) is 2.13. The average molecular weight is 265 g/mol. The minimum absolute atomic E-state index is 0.141. The zero-order valence-corrected chi connectivity index (χ0v) is 13.0. The normalized spacial score (nSPS) is 16.5. The predicted molar refractivity (Wildman–Crippen MR) is 79.5 cm³/mol. The van der Waals surface area contributed by atoms with Crippen molar-refractivity contribution < 1.29 is 9.84 Å². The van der Waals surface area contributed by atoms with Crippen molar-refractivity contribution in [2.45, 2.75) is 38.8 Å². The molecule has 0 aliphatic carbocycles. The molecule has 108 valence electrons. The number of aliphatic hydroxyl groups is 1. The smallest absolute Gasteiger partial charge is 0.119 e. The summed E-state index contributed by atoms with van der Waals surface area (Å²) >= 11 is 0. The van der Waals surface area contributed by atoms with Crippen LogP contribution in [-0.4, -0.2) is 37.3 Å². The van der Waals surface area contributed by atoms with Crippen molar-refractivity contribution in [1.29, 1.82) is 0 Å². The van der Waals surface area contributed by atoms with Crippen LogP contribution < -0.4 is 4.74 Å². The van der Waals surface area contributed by atoms with Gasteiger partial charge in [-0.2, -0.15) is 0 Å². The van der Waals surface area contributed by atoms with Gasteiger partial charge in [0.25, 0.3) is 0 Å². The summed E-state index contributed by atoms with van der Waals surface area (Å²) in [6, 6.07) is 8.05. The third kappa shape index (κ3) is 3.71. The number of rotatable bonds is 6. The highest BCUT2D eigenvalue weighted by Gasteiger charge is 2.35. The largest absolute Gasteiger partial charge is 0.497 e. The van der Waals surface area contributed by atoms with Gasteiger partial charge in [0, 0.05) is 6.04 Å². The number of hydrogen-bond donors (Lipinski definition) is 1. The molecule has 3 heteroatoms. The number of hydrogen-bond acceptors (Lipinski definition) is 3. The monoisotopic (exact) mass is 265 g/mol. The summed E-state index contributed by atoms with van der Waals surface area (Å²) in [5.74, 6) is 0.927. The maximum Gasteiger partial charge on any atom is 0.119 e. The number of methoxy groups -OCH3 is 1. The van der Waals surface area contributed by atoms with Gasteiger partial charge in [0.15, 0.2) is 0 Å². The molecule has 1 N–H and O–H groups in total. The van der Waals surface area contributed by atoms with E-state index in [0.717, 1.165) is 11.3 Å². The topological polar surface area (TPSA) is 32.7 Å². The molecule has 19 heavy (non-hydrogen) atoms. The Labute approximate surface area is 117 Å². The van der Waals surface area contributed by atoms with Crippen molar-refractivity contribution in [3.8, 4) is 5.75 Å². The highest BCUT2D eigenvalue weighted by Crippen LogP contribution is 2.36. The lowest BCUT2D eigenvalue weighted by atomic mass is 9.78. The molecule has 0 amide bonds. The molecule has 1 rings (SSSR count). The van der Waals surface area contributed by atoms with E-state index in [1.165, 1.54) is 0 Å². The summed E-state index contributed by atoms with van der Waals surface area (Å²) in [7, 11) is 5.73. The number of ether oxygens (including phenoxy) is 1. The first kappa shape index (κ1) is 16.0. The van der Waals surface area contributed by atoms with Crippen molar-refractivity contribution in [1.82, 2.24) is 4.90 Å². The van der Waals surface area contributed by atoms with Crippen molar-refractivity contribution in [2.24, 2.45) is 5.92 Å². The molecular weight excluding hydrogens is 238 g/mol. The van der Waals surface area contributed by atoms with Crippen LogP contribution in [0.3, 0.4) is 0 Å². The van der Waals surface area contributed by atoms with Crippen LogP contribution in [0.5, 0.6) is 5.75 Å². The Bertz CT molecular complexity index is 403. The zero-order valence-electron chi connectivity index (χ0n) is 13.0. The van der Waals surface area contributed by atoms with Crippen molar-refractivity contribution in [2.75, 3.05) is 21.2 Å². The fourth-order valence-corrected chi connectivity index (χ4v) is 2.21. The van der Waals surface area contributed by atoms with Gasteiger partial charge in [0.1, 0.15) is 5.75 Å². The molecule has 0 aliphatic heterocycles. The van der Waals surface area contributed by atoms with E-state index in [2.05, 4.69) is 25.7 Å². The molecule has 0 aromatic heterocycles. The molecule has 2 unspecified atom stereocenters. The van der Waals surface area contributed by atoms with Gasteiger partial charge in [-0.15, -0.1) is 0 Å². The van der Waals surface area contributed by atoms with E-state index >= 15 is 0 Å². The molecule has 0 spiro atoms. The fourth-order valence-electron chi connectivity index (χ4n) is 2.21. The second-order valence-electron chi connectivity index (χ2n) is 5.83. The Kier molecular flexibility index (Phi) is 5.39. The van der Waals surface area contributed by atoms with Crippen molar-refractivity contribution >= 4 is 0 Å². The van der Waals surface area contributed by atoms with E-state index in [0.29, 0.717) is 12.5 Å². The van der Waals surface area contributed by atoms with Crippen LogP contribution in [0.2, 0.25) is 0 Å². The number of nitrogens with zero attached hydrogens (tertiary/aromatic N) is 1. The van der Waals surface area contributed by atoms with Crippen LogP contribution in [0.15, 0.2) is 24.3 Å². The molecule has 0 radical (unpaired) electrons. The second kappa shape index (κ2) is 6.40. The highest BCUT2D eigenvalue weighted by atomic mass is 16.5. The van der Waals surface area contributed by atoms with E-state index in [4.69, 9.17) is 4.74 Å². The van der Waals surface area contributed by atoms with Crippen molar-refractivity contribution in [3.63, 3.8) is 0 Å². The lowest BCUT2D eigenvalue weighted by Crippen LogP contribution is -2.39. The van der Waals surface area contributed by atoms with Gasteiger partial charge in [0.05, 0.1) is 12.7 Å². The summed E-state index contributed by atoms with van der Waals surface area (Å²) in [6.07, 6.45) is 0.699. The van der Waals surface area contributed by atoms with Gasteiger partial charge in [0.2, 0.25) is 0 Å². The molecular formula is C16H27NO2. The van der Waals surface area contributed by atoms with Crippen LogP contribution in [0, 0.1) is 5.92 Å². The molecule has 3 nitrogen and oxygen atoms in total. The third-order valence-corrected chi connectivity index (χ3v) is 4.01. The Morgan fingerprint density at radius 2 is 1.89 bits per heavy atom. The van der Waals surface area contributed by atoms with Gasteiger partial charge in [-0.3, -0.25) is 0 Å². The summed E-state index contributed by atoms with van der Waals surface area (Å²) in [6.45, 7) is 6.25. The van der Waals surface area contributed by atoms with Crippen LogP contribution >= 0.6 is 0 Å². The Hall–Kier alpha value is -1.06. The van der Waals surface area contributed by atoms with E-state index in [1.807, 2.05) is 38.4 Å². The summed E-state index contributed by atoms with van der Waals surface area (Å²) in [5.41, 5.74) is 0.0913. The van der Waals surface area contributed by atoms with E-state index in [1.54, 1.807) is 7.11 Å². The van der Waals surface area contributed by atoms with Crippen LogP contribution in [0.4, 0.5) is 0 Å². The first-order chi connectivity index (χ1) is 8.81. The molecule has 1 aromatic rings. The molecule has 0 saturated carbocycles. The lowest BCUT2D eigenvalue weighted by molar-refractivity contribution is -0.0347. The van der Waals surface area contributed by atoms with E-state index in [9.17, 15) is 5.11 Å². The summed E-state index contributed by atoms with van der Waals surface area (Å²) in [5, 5.41) is 11.1. The Morgan fingerprint density at radius 1 is 1.26 bits per heavy atom. The third-order valence-electron chi connectivity index (χ3n) is 4.01. The molecule has 0 heterocycles. The Balaban J connectivity index is 3.10. The molecule has 0 saturated heterocycles. The molecule has 0 fully saturated rings. The van der Waals surface area contributed by atoms with Gasteiger partial charge >= 0.3 is 0 Å². The molecule has 0 aliphatic rings. The Morgan fingerprint density at radius 3 is 2.37 bits per heavy atom. The first-order valence-corrected chi connectivity index (χ1v) is 6.84. The molecule has 2 atom stereocenters. The standard InChI is InChI=1S/C16H27NO2/c1-12(2)16(18,11-13(3)17(4)5)14-8-7-9-15(10-14)19-6/h7-10,12-13,18H,11H2,1-6H3.